The Morgan fingerprint density at radius 2 is 1.87 bits per heavy atom. The molecule has 4 aromatic rings. The summed E-state index contributed by atoms with van der Waals surface area (Å²) in [6.07, 6.45) is 3.33. The van der Waals surface area contributed by atoms with Gasteiger partial charge in [-0.05, 0) is 24.3 Å². The van der Waals surface area contributed by atoms with Crippen molar-refractivity contribution in [2.24, 2.45) is 7.05 Å². The third-order valence-corrected chi connectivity index (χ3v) is 5.66. The molecule has 0 N–H and O–H groups in total. The Bertz CT molecular complexity index is 1230. The second kappa shape index (κ2) is 7.46. The van der Waals surface area contributed by atoms with Crippen LogP contribution >= 0.6 is 11.6 Å². The summed E-state index contributed by atoms with van der Waals surface area (Å²) in [5.74, 6) is 1.62. The molecule has 1 saturated heterocycles. The van der Waals surface area contributed by atoms with Crippen LogP contribution in [0.4, 0.5) is 5.82 Å². The summed E-state index contributed by atoms with van der Waals surface area (Å²) >= 11 is 6.24. The molecule has 8 nitrogen and oxygen atoms in total. The van der Waals surface area contributed by atoms with Crippen molar-refractivity contribution < 1.29 is 9.21 Å². The van der Waals surface area contributed by atoms with E-state index in [1.807, 2.05) is 25.2 Å². The molecule has 3 aromatic heterocycles. The van der Waals surface area contributed by atoms with Crippen molar-refractivity contribution in [2.75, 3.05) is 31.1 Å². The van der Waals surface area contributed by atoms with Crippen molar-refractivity contribution in [1.29, 1.82) is 0 Å². The van der Waals surface area contributed by atoms with Crippen molar-refractivity contribution in [1.82, 2.24) is 24.6 Å². The predicted molar refractivity (Wildman–Crippen MR) is 114 cm³/mol. The van der Waals surface area contributed by atoms with Crippen LogP contribution in [0.3, 0.4) is 0 Å². The highest BCUT2D eigenvalue weighted by atomic mass is 35.5. The number of halogens is 1. The van der Waals surface area contributed by atoms with Gasteiger partial charge in [-0.25, -0.2) is 9.97 Å². The lowest BCUT2D eigenvalue weighted by atomic mass is 10.2. The molecule has 1 amide bonds. The maximum Gasteiger partial charge on any atom is 0.289 e. The first kappa shape index (κ1) is 18.6. The number of aromatic nitrogens is 4. The van der Waals surface area contributed by atoms with Crippen LogP contribution in [-0.4, -0.2) is 56.7 Å². The molecule has 5 rings (SSSR count). The minimum absolute atomic E-state index is 0.123. The van der Waals surface area contributed by atoms with Crippen molar-refractivity contribution in [2.45, 2.75) is 0 Å². The Kier molecular flexibility index (Phi) is 4.63. The summed E-state index contributed by atoms with van der Waals surface area (Å²) < 4.78 is 7.55. The number of furan rings is 1. The van der Waals surface area contributed by atoms with Crippen LogP contribution in [0.5, 0.6) is 0 Å². The normalized spacial score (nSPS) is 14.5. The van der Waals surface area contributed by atoms with Gasteiger partial charge in [-0.3, -0.25) is 9.48 Å². The SMILES string of the molecule is Cn1ncc2c(N3CCN(C(=O)c4ccc(-c5ccccc5Cl)o4)CC3)ncnc21. The topological polar surface area (TPSA) is 80.3 Å². The molecule has 0 bridgehead atoms. The van der Waals surface area contributed by atoms with Gasteiger partial charge in [0, 0.05) is 38.8 Å². The molecule has 4 heterocycles. The number of hydrogen-bond donors (Lipinski definition) is 0. The predicted octanol–water partition coefficient (Wildman–Crippen LogP) is 3.24. The van der Waals surface area contributed by atoms with E-state index >= 15 is 0 Å². The van der Waals surface area contributed by atoms with Crippen molar-refractivity contribution in [3.63, 3.8) is 0 Å². The number of piperazine rings is 1. The van der Waals surface area contributed by atoms with E-state index in [-0.39, 0.29) is 5.91 Å². The number of benzene rings is 1. The van der Waals surface area contributed by atoms with Gasteiger partial charge in [0.05, 0.1) is 16.6 Å². The number of fused-ring (bicyclic) bond motifs is 1. The van der Waals surface area contributed by atoms with E-state index in [1.54, 1.807) is 40.3 Å². The number of carbonyl (C=O) groups excluding carboxylic acids is 1. The molecule has 1 aliphatic heterocycles. The molecule has 0 radical (unpaired) electrons. The number of hydrogen-bond acceptors (Lipinski definition) is 6. The number of amides is 1. The Labute approximate surface area is 177 Å². The highest BCUT2D eigenvalue weighted by Gasteiger charge is 2.26. The number of aryl methyl sites for hydroxylation is 1. The van der Waals surface area contributed by atoms with E-state index in [0.29, 0.717) is 42.7 Å². The third-order valence-electron chi connectivity index (χ3n) is 5.33. The van der Waals surface area contributed by atoms with E-state index in [2.05, 4.69) is 20.0 Å². The van der Waals surface area contributed by atoms with E-state index in [9.17, 15) is 4.79 Å². The van der Waals surface area contributed by atoms with Crippen LogP contribution in [0.1, 0.15) is 10.6 Å². The van der Waals surface area contributed by atoms with Gasteiger partial charge in [-0.2, -0.15) is 5.10 Å². The van der Waals surface area contributed by atoms with Crippen molar-refractivity contribution in [3.05, 3.63) is 59.7 Å². The summed E-state index contributed by atoms with van der Waals surface area (Å²) in [6, 6.07) is 10.9. The van der Waals surface area contributed by atoms with Crippen LogP contribution in [0.25, 0.3) is 22.4 Å². The molecule has 0 saturated carbocycles. The molecule has 1 aromatic carbocycles. The maximum absolute atomic E-state index is 12.9. The molecule has 0 unspecified atom stereocenters. The third kappa shape index (κ3) is 3.19. The summed E-state index contributed by atoms with van der Waals surface area (Å²) in [6.45, 7) is 2.50. The fourth-order valence-corrected chi connectivity index (χ4v) is 3.97. The van der Waals surface area contributed by atoms with Gasteiger partial charge in [0.2, 0.25) is 0 Å². The lowest BCUT2D eigenvalue weighted by Crippen LogP contribution is -2.49. The van der Waals surface area contributed by atoms with Crippen LogP contribution in [0, 0.1) is 0 Å². The van der Waals surface area contributed by atoms with Gasteiger partial charge in [-0.15, -0.1) is 0 Å². The average Bonchev–Trinajstić information content (AvgIpc) is 3.41. The summed E-state index contributed by atoms with van der Waals surface area (Å²) in [5.41, 5.74) is 1.56. The lowest BCUT2D eigenvalue weighted by molar-refractivity contribution is 0.0715. The van der Waals surface area contributed by atoms with Crippen LogP contribution in [-0.2, 0) is 7.05 Å². The van der Waals surface area contributed by atoms with Gasteiger partial charge in [0.25, 0.3) is 5.91 Å². The van der Waals surface area contributed by atoms with E-state index in [1.165, 1.54) is 0 Å². The van der Waals surface area contributed by atoms with Crippen LogP contribution in [0.15, 0.2) is 53.3 Å². The molecule has 0 spiro atoms. The van der Waals surface area contributed by atoms with Gasteiger partial charge < -0.3 is 14.2 Å². The first-order valence-electron chi connectivity index (χ1n) is 9.63. The van der Waals surface area contributed by atoms with Crippen LogP contribution in [0.2, 0.25) is 5.02 Å². The van der Waals surface area contributed by atoms with Gasteiger partial charge in [0.1, 0.15) is 17.9 Å². The monoisotopic (exact) mass is 422 g/mol. The number of carbonyl (C=O) groups is 1. The Morgan fingerprint density at radius 3 is 2.67 bits per heavy atom. The molecule has 30 heavy (non-hydrogen) atoms. The summed E-state index contributed by atoms with van der Waals surface area (Å²) in [4.78, 5) is 25.6. The largest absolute Gasteiger partial charge is 0.451 e. The molecular weight excluding hydrogens is 404 g/mol. The number of nitrogens with zero attached hydrogens (tertiary/aromatic N) is 6. The second-order valence-corrected chi connectivity index (χ2v) is 7.53. The Hall–Kier alpha value is -3.39. The zero-order valence-corrected chi connectivity index (χ0v) is 17.1. The Balaban J connectivity index is 1.30. The van der Waals surface area contributed by atoms with E-state index in [0.717, 1.165) is 22.4 Å². The summed E-state index contributed by atoms with van der Waals surface area (Å²) in [5, 5.41) is 5.77. The first-order chi connectivity index (χ1) is 14.6. The van der Waals surface area contributed by atoms with Gasteiger partial charge in [0.15, 0.2) is 11.4 Å². The van der Waals surface area contributed by atoms with E-state index in [4.69, 9.17) is 16.0 Å². The zero-order valence-electron chi connectivity index (χ0n) is 16.3. The lowest BCUT2D eigenvalue weighted by Gasteiger charge is -2.35. The molecule has 1 aliphatic rings. The molecule has 0 atom stereocenters. The first-order valence-corrected chi connectivity index (χ1v) is 10.0. The molecule has 1 fully saturated rings. The number of anilines is 1. The minimum Gasteiger partial charge on any atom is -0.451 e. The highest BCUT2D eigenvalue weighted by molar-refractivity contribution is 6.33. The summed E-state index contributed by atoms with van der Waals surface area (Å²) in [7, 11) is 1.86. The molecule has 9 heteroatoms. The molecular formula is C21H19ClN6O2. The highest BCUT2D eigenvalue weighted by Crippen LogP contribution is 2.30. The fraction of sp³-hybridized carbons (Fsp3) is 0.238. The van der Waals surface area contributed by atoms with Gasteiger partial charge in [-0.1, -0.05) is 23.7 Å². The molecule has 152 valence electrons. The maximum atomic E-state index is 12.9. The van der Waals surface area contributed by atoms with Crippen molar-refractivity contribution in [3.8, 4) is 11.3 Å². The zero-order chi connectivity index (χ0) is 20.7. The van der Waals surface area contributed by atoms with Crippen molar-refractivity contribution >= 4 is 34.4 Å². The quantitative estimate of drug-likeness (QED) is 0.504. The average molecular weight is 423 g/mol. The van der Waals surface area contributed by atoms with Crippen LogP contribution < -0.4 is 4.90 Å². The second-order valence-electron chi connectivity index (χ2n) is 7.13. The fourth-order valence-electron chi connectivity index (χ4n) is 3.74. The van der Waals surface area contributed by atoms with Gasteiger partial charge >= 0.3 is 0 Å². The Morgan fingerprint density at radius 1 is 1.07 bits per heavy atom. The number of rotatable bonds is 3. The minimum atomic E-state index is -0.123. The standard InChI is InChI=1S/C21H19ClN6O2/c1-26-19-15(12-25-26)20(24-13-23-19)27-8-10-28(11-9-27)21(29)18-7-6-17(30-18)14-4-2-3-5-16(14)22/h2-7,12-13H,8-11H2,1H3. The molecule has 0 aliphatic carbocycles. The van der Waals surface area contributed by atoms with E-state index < -0.39 is 0 Å². The smallest absolute Gasteiger partial charge is 0.289 e.